The molecule has 4 aromatic rings. The molecule has 0 radical (unpaired) electrons. The van der Waals surface area contributed by atoms with Crippen molar-refractivity contribution in [3.05, 3.63) is 94.7 Å². The van der Waals surface area contributed by atoms with Crippen LogP contribution in [0.3, 0.4) is 0 Å². The number of nitrogens with one attached hydrogen (secondary N) is 2. The number of thiocarbonyl (C=S) groups is 1. The van der Waals surface area contributed by atoms with Crippen LogP contribution in [0.4, 0.5) is 0 Å². The smallest absolute Gasteiger partial charge is 0.257 e. The monoisotopic (exact) mass is 464 g/mol. The Kier molecular flexibility index (Phi) is 5.74. The molecule has 0 unspecified atom stereocenters. The van der Waals surface area contributed by atoms with Gasteiger partial charge in [0.1, 0.15) is 11.5 Å². The lowest BCUT2D eigenvalue weighted by molar-refractivity contribution is 0.0976. The van der Waals surface area contributed by atoms with Crippen LogP contribution in [0, 0.1) is 0 Å². The van der Waals surface area contributed by atoms with Crippen LogP contribution in [0.15, 0.2) is 87.8 Å². The Morgan fingerprint density at radius 3 is 2.48 bits per heavy atom. The van der Waals surface area contributed by atoms with Crippen LogP contribution in [0.2, 0.25) is 0 Å². The molecule has 0 fully saturated rings. The molecule has 144 valence electrons. The molecule has 3 aromatic carbocycles. The molecule has 0 aliphatic carbocycles. The second-order valence-corrected chi connectivity index (χ2v) is 7.80. The summed E-state index contributed by atoms with van der Waals surface area (Å²) in [6.07, 6.45) is 0. The van der Waals surface area contributed by atoms with E-state index >= 15 is 0 Å². The quantitative estimate of drug-likeness (QED) is 0.382. The molecule has 0 bridgehead atoms. The predicted octanol–water partition coefficient (Wildman–Crippen LogP) is 5.67. The highest BCUT2D eigenvalue weighted by molar-refractivity contribution is 9.10. The van der Waals surface area contributed by atoms with Gasteiger partial charge in [0.15, 0.2) is 5.11 Å². The summed E-state index contributed by atoms with van der Waals surface area (Å²) in [5.74, 6) is 1.26. The van der Waals surface area contributed by atoms with Crippen molar-refractivity contribution in [1.29, 1.82) is 0 Å². The molecule has 4 rings (SSSR count). The van der Waals surface area contributed by atoms with Crippen molar-refractivity contribution in [3.8, 4) is 11.3 Å². The van der Waals surface area contributed by atoms with E-state index in [1.165, 1.54) is 0 Å². The Bertz CT molecular complexity index is 1180. The van der Waals surface area contributed by atoms with Gasteiger partial charge in [-0.05, 0) is 59.4 Å². The Morgan fingerprint density at radius 1 is 0.931 bits per heavy atom. The van der Waals surface area contributed by atoms with Crippen molar-refractivity contribution in [2.45, 2.75) is 6.54 Å². The van der Waals surface area contributed by atoms with Crippen molar-refractivity contribution in [2.24, 2.45) is 0 Å². The Hall–Kier alpha value is -2.96. The van der Waals surface area contributed by atoms with Gasteiger partial charge < -0.3 is 9.73 Å². The summed E-state index contributed by atoms with van der Waals surface area (Å²) in [7, 11) is 0. The van der Waals surface area contributed by atoms with Gasteiger partial charge in [-0.3, -0.25) is 10.1 Å². The zero-order valence-electron chi connectivity index (χ0n) is 15.3. The van der Waals surface area contributed by atoms with Crippen LogP contribution < -0.4 is 10.6 Å². The summed E-state index contributed by atoms with van der Waals surface area (Å²) in [6, 6.07) is 25.2. The first-order valence-corrected chi connectivity index (χ1v) is 10.2. The van der Waals surface area contributed by atoms with E-state index in [1.807, 2.05) is 72.8 Å². The molecule has 0 aliphatic rings. The highest BCUT2D eigenvalue weighted by atomic mass is 79.9. The van der Waals surface area contributed by atoms with Gasteiger partial charge in [0.2, 0.25) is 0 Å². The SMILES string of the molecule is O=C(NC(=S)NCc1ccc(-c2ccc(Br)cc2)o1)c1ccc2ccccc2c1. The molecule has 0 saturated heterocycles. The van der Waals surface area contributed by atoms with E-state index < -0.39 is 0 Å². The molecule has 6 heteroatoms. The van der Waals surface area contributed by atoms with Gasteiger partial charge in [0, 0.05) is 15.6 Å². The summed E-state index contributed by atoms with van der Waals surface area (Å²) in [4.78, 5) is 12.5. The average Bonchev–Trinajstić information content (AvgIpc) is 3.21. The highest BCUT2D eigenvalue weighted by Crippen LogP contribution is 2.24. The van der Waals surface area contributed by atoms with E-state index in [-0.39, 0.29) is 11.0 Å². The van der Waals surface area contributed by atoms with Crippen LogP contribution in [-0.2, 0) is 6.54 Å². The highest BCUT2D eigenvalue weighted by Gasteiger charge is 2.10. The molecule has 1 heterocycles. The molecule has 4 nitrogen and oxygen atoms in total. The summed E-state index contributed by atoms with van der Waals surface area (Å²) in [6.45, 7) is 0.382. The summed E-state index contributed by atoms with van der Waals surface area (Å²) >= 11 is 8.67. The fourth-order valence-electron chi connectivity index (χ4n) is 2.96. The summed E-state index contributed by atoms with van der Waals surface area (Å²) < 4.78 is 6.86. The third-order valence-electron chi connectivity index (χ3n) is 4.45. The fourth-order valence-corrected chi connectivity index (χ4v) is 3.39. The normalized spacial score (nSPS) is 10.7. The lowest BCUT2D eigenvalue weighted by atomic mass is 10.1. The Labute approximate surface area is 182 Å². The summed E-state index contributed by atoms with van der Waals surface area (Å²) in [5, 5.41) is 8.07. The number of carbonyl (C=O) groups excluding carboxylic acids is 1. The zero-order valence-corrected chi connectivity index (χ0v) is 17.7. The third-order valence-corrected chi connectivity index (χ3v) is 5.23. The first-order chi connectivity index (χ1) is 14.1. The first-order valence-electron chi connectivity index (χ1n) is 9.01. The molecule has 1 aromatic heterocycles. The number of benzene rings is 3. The van der Waals surface area contributed by atoms with Crippen LogP contribution >= 0.6 is 28.1 Å². The minimum Gasteiger partial charge on any atom is -0.459 e. The lowest BCUT2D eigenvalue weighted by Gasteiger charge is -2.09. The number of hydrogen-bond donors (Lipinski definition) is 2. The van der Waals surface area contributed by atoms with Crippen LogP contribution in [-0.4, -0.2) is 11.0 Å². The van der Waals surface area contributed by atoms with E-state index in [2.05, 4.69) is 26.6 Å². The maximum atomic E-state index is 12.5. The number of rotatable bonds is 4. The van der Waals surface area contributed by atoms with Gasteiger partial charge in [0.25, 0.3) is 5.91 Å². The minimum atomic E-state index is -0.247. The van der Waals surface area contributed by atoms with Gasteiger partial charge in [-0.15, -0.1) is 0 Å². The first kappa shape index (κ1) is 19.4. The third kappa shape index (κ3) is 4.72. The molecule has 0 spiro atoms. The largest absolute Gasteiger partial charge is 0.459 e. The number of fused-ring (bicyclic) bond motifs is 1. The fraction of sp³-hybridized carbons (Fsp3) is 0.0435. The van der Waals surface area contributed by atoms with E-state index in [1.54, 1.807) is 6.07 Å². The number of furan rings is 1. The Morgan fingerprint density at radius 2 is 1.69 bits per heavy atom. The average molecular weight is 465 g/mol. The van der Waals surface area contributed by atoms with Gasteiger partial charge in [-0.25, -0.2) is 0 Å². The van der Waals surface area contributed by atoms with Crippen molar-refractivity contribution < 1.29 is 9.21 Å². The van der Waals surface area contributed by atoms with Gasteiger partial charge in [-0.2, -0.15) is 0 Å². The summed E-state index contributed by atoms with van der Waals surface area (Å²) in [5.41, 5.74) is 1.55. The molecule has 2 N–H and O–H groups in total. The molecule has 0 aliphatic heterocycles. The molecular weight excluding hydrogens is 448 g/mol. The maximum absolute atomic E-state index is 12.5. The van der Waals surface area contributed by atoms with Crippen molar-refractivity contribution in [1.82, 2.24) is 10.6 Å². The van der Waals surface area contributed by atoms with E-state index in [0.717, 1.165) is 32.3 Å². The van der Waals surface area contributed by atoms with Crippen molar-refractivity contribution in [3.63, 3.8) is 0 Å². The number of carbonyl (C=O) groups is 1. The molecular formula is C23H17BrN2O2S. The van der Waals surface area contributed by atoms with Gasteiger partial charge >= 0.3 is 0 Å². The molecule has 0 saturated carbocycles. The minimum absolute atomic E-state index is 0.247. The molecule has 1 amide bonds. The molecule has 0 atom stereocenters. The topological polar surface area (TPSA) is 54.3 Å². The number of halogens is 1. The second kappa shape index (κ2) is 8.59. The van der Waals surface area contributed by atoms with Crippen LogP contribution in [0.25, 0.3) is 22.1 Å². The zero-order chi connectivity index (χ0) is 20.2. The van der Waals surface area contributed by atoms with E-state index in [4.69, 9.17) is 16.6 Å². The predicted molar refractivity (Wildman–Crippen MR) is 123 cm³/mol. The Balaban J connectivity index is 1.35. The lowest BCUT2D eigenvalue weighted by Crippen LogP contribution is -2.38. The van der Waals surface area contributed by atoms with Gasteiger partial charge in [0.05, 0.1) is 6.54 Å². The van der Waals surface area contributed by atoms with Crippen LogP contribution in [0.5, 0.6) is 0 Å². The second-order valence-electron chi connectivity index (χ2n) is 6.47. The van der Waals surface area contributed by atoms with Crippen molar-refractivity contribution in [2.75, 3.05) is 0 Å². The number of hydrogen-bond acceptors (Lipinski definition) is 3. The van der Waals surface area contributed by atoms with Crippen molar-refractivity contribution >= 4 is 49.9 Å². The maximum Gasteiger partial charge on any atom is 0.257 e. The van der Waals surface area contributed by atoms with Gasteiger partial charge in [-0.1, -0.05) is 58.4 Å². The standard InChI is InChI=1S/C23H17BrN2O2S/c24-19-9-7-16(8-10-19)21-12-11-20(28-21)14-25-23(29)26-22(27)18-6-5-15-3-1-2-4-17(15)13-18/h1-13H,14H2,(H2,25,26,27,29). The number of amides is 1. The molecule has 29 heavy (non-hydrogen) atoms. The van der Waals surface area contributed by atoms with E-state index in [9.17, 15) is 4.79 Å². The van der Waals surface area contributed by atoms with E-state index in [0.29, 0.717) is 12.1 Å². The van der Waals surface area contributed by atoms with Crippen LogP contribution in [0.1, 0.15) is 16.1 Å².